The van der Waals surface area contributed by atoms with Crippen molar-refractivity contribution in [3.63, 3.8) is 0 Å². The molecule has 1 aromatic carbocycles. The van der Waals surface area contributed by atoms with Crippen LogP contribution in [-0.2, 0) is 19.7 Å². The van der Waals surface area contributed by atoms with Crippen LogP contribution in [0.25, 0.3) is 0 Å². The summed E-state index contributed by atoms with van der Waals surface area (Å²) >= 11 is 0. The zero-order valence-corrected chi connectivity index (χ0v) is 20.3. The molecule has 5 rings (SSSR count). The molecule has 34 heavy (non-hydrogen) atoms. The van der Waals surface area contributed by atoms with Gasteiger partial charge in [0.2, 0.25) is 5.89 Å². The molecule has 8 heteroatoms. The Bertz CT molecular complexity index is 1050. The standard InChI is InChI=1S/C26H33N3O5/c1-25(2,3)33-24(31)29(20-14-19(20)16-8-6-5-7-9-16)15-26(10-11-26)23-27-21(34-28-23)17-12-18(13-17)22(30)32-4/h5-9,17-20H,10-15H2,1-4H3/t17?,18?,19-,20+/m0/s1. The van der Waals surface area contributed by atoms with E-state index in [9.17, 15) is 9.59 Å². The molecule has 0 spiro atoms. The van der Waals surface area contributed by atoms with Gasteiger partial charge in [-0.05, 0) is 58.4 Å². The van der Waals surface area contributed by atoms with Gasteiger partial charge in [-0.1, -0.05) is 35.5 Å². The number of rotatable bonds is 7. The van der Waals surface area contributed by atoms with Crippen molar-refractivity contribution in [2.24, 2.45) is 5.92 Å². The summed E-state index contributed by atoms with van der Waals surface area (Å²) in [7, 11) is 1.41. The van der Waals surface area contributed by atoms with Crippen LogP contribution >= 0.6 is 0 Å². The van der Waals surface area contributed by atoms with Crippen LogP contribution in [0.1, 0.15) is 82.0 Å². The number of carbonyl (C=O) groups is 2. The minimum absolute atomic E-state index is 0.0901. The molecule has 3 fully saturated rings. The summed E-state index contributed by atoms with van der Waals surface area (Å²) in [5, 5.41) is 4.31. The van der Waals surface area contributed by atoms with Gasteiger partial charge in [0, 0.05) is 24.4 Å². The lowest BCUT2D eigenvalue weighted by molar-refractivity contribution is -0.149. The minimum atomic E-state index is -0.567. The average molecular weight is 468 g/mol. The van der Waals surface area contributed by atoms with Gasteiger partial charge in [-0.3, -0.25) is 4.79 Å². The van der Waals surface area contributed by atoms with E-state index in [2.05, 4.69) is 17.3 Å². The van der Waals surface area contributed by atoms with Gasteiger partial charge < -0.3 is 18.9 Å². The second-order valence-corrected chi connectivity index (χ2v) is 11.1. The summed E-state index contributed by atoms with van der Waals surface area (Å²) in [5.41, 5.74) is 0.384. The van der Waals surface area contributed by atoms with E-state index in [1.807, 2.05) is 43.9 Å². The third-order valence-electron chi connectivity index (χ3n) is 7.28. The lowest BCUT2D eigenvalue weighted by Gasteiger charge is -2.30. The number of esters is 1. The molecule has 0 unspecified atom stereocenters. The highest BCUT2D eigenvalue weighted by atomic mass is 16.6. The van der Waals surface area contributed by atoms with E-state index in [1.165, 1.54) is 12.7 Å². The van der Waals surface area contributed by atoms with Gasteiger partial charge in [0.25, 0.3) is 0 Å². The third kappa shape index (κ3) is 4.55. The van der Waals surface area contributed by atoms with Crippen LogP contribution in [0.2, 0.25) is 0 Å². The van der Waals surface area contributed by atoms with Crippen molar-refractivity contribution in [1.82, 2.24) is 15.0 Å². The molecule has 8 nitrogen and oxygen atoms in total. The summed E-state index contributed by atoms with van der Waals surface area (Å²) < 4.78 is 16.2. The number of hydrogen-bond donors (Lipinski definition) is 0. The Balaban J connectivity index is 1.30. The first kappa shape index (κ1) is 22.9. The smallest absolute Gasteiger partial charge is 0.410 e. The van der Waals surface area contributed by atoms with E-state index < -0.39 is 5.60 Å². The van der Waals surface area contributed by atoms with E-state index in [1.54, 1.807) is 0 Å². The Morgan fingerprint density at radius 2 is 1.85 bits per heavy atom. The molecule has 3 aliphatic rings. The SMILES string of the molecule is COC(=O)C1CC(c2nc(C3(CN(C(=O)OC(C)(C)C)[C@@H]4C[C@H]4c4ccccc4)CC3)no2)C1. The molecule has 0 N–H and O–H groups in total. The number of amides is 1. The summed E-state index contributed by atoms with van der Waals surface area (Å²) in [6.45, 7) is 6.19. The number of ether oxygens (including phenoxy) is 2. The average Bonchev–Trinajstić information content (AvgIpc) is 3.67. The predicted molar refractivity (Wildman–Crippen MR) is 123 cm³/mol. The topological polar surface area (TPSA) is 94.8 Å². The third-order valence-corrected chi connectivity index (χ3v) is 7.28. The molecule has 182 valence electrons. The van der Waals surface area contributed by atoms with Crippen LogP contribution in [0.4, 0.5) is 4.79 Å². The van der Waals surface area contributed by atoms with Gasteiger partial charge in [0.15, 0.2) is 5.82 Å². The zero-order chi connectivity index (χ0) is 24.1. The fraction of sp³-hybridized carbons (Fsp3) is 0.615. The fourth-order valence-electron chi connectivity index (χ4n) is 4.95. The maximum atomic E-state index is 13.2. The number of hydrogen-bond acceptors (Lipinski definition) is 7. The molecule has 2 aromatic rings. The minimum Gasteiger partial charge on any atom is -0.469 e. The molecule has 0 radical (unpaired) electrons. The maximum absolute atomic E-state index is 13.2. The Morgan fingerprint density at radius 3 is 2.47 bits per heavy atom. The number of methoxy groups -OCH3 is 1. The summed E-state index contributed by atoms with van der Waals surface area (Å²) in [4.78, 5) is 31.5. The van der Waals surface area contributed by atoms with E-state index >= 15 is 0 Å². The first-order valence-corrected chi connectivity index (χ1v) is 12.2. The van der Waals surface area contributed by atoms with Gasteiger partial charge >= 0.3 is 12.1 Å². The van der Waals surface area contributed by atoms with Crippen molar-refractivity contribution < 1.29 is 23.6 Å². The van der Waals surface area contributed by atoms with Gasteiger partial charge in [-0.25, -0.2) is 4.79 Å². The van der Waals surface area contributed by atoms with Crippen molar-refractivity contribution in [2.75, 3.05) is 13.7 Å². The Morgan fingerprint density at radius 1 is 1.15 bits per heavy atom. The molecule has 0 bridgehead atoms. The summed E-state index contributed by atoms with van der Waals surface area (Å²) in [6.07, 6.45) is 3.80. The molecule has 1 amide bonds. The molecule has 0 aliphatic heterocycles. The molecule has 3 saturated carbocycles. The highest BCUT2D eigenvalue weighted by Gasteiger charge is 2.55. The molecule has 1 heterocycles. The van der Waals surface area contributed by atoms with Crippen molar-refractivity contribution in [3.05, 3.63) is 47.6 Å². The van der Waals surface area contributed by atoms with E-state index in [4.69, 9.17) is 19.0 Å². The Kier molecular flexibility index (Phi) is 5.65. The first-order valence-electron chi connectivity index (χ1n) is 12.2. The number of benzene rings is 1. The molecular weight excluding hydrogens is 434 g/mol. The number of carbonyl (C=O) groups excluding carboxylic acids is 2. The van der Waals surface area contributed by atoms with Crippen molar-refractivity contribution in [3.8, 4) is 0 Å². The molecule has 0 saturated heterocycles. The fourth-order valence-corrected chi connectivity index (χ4v) is 4.95. The van der Waals surface area contributed by atoms with E-state index in [-0.39, 0.29) is 35.4 Å². The summed E-state index contributed by atoms with van der Waals surface area (Å²) in [6, 6.07) is 10.4. The van der Waals surface area contributed by atoms with Crippen LogP contribution in [0, 0.1) is 5.92 Å². The molecule has 3 aliphatic carbocycles. The monoisotopic (exact) mass is 467 g/mol. The zero-order valence-electron chi connectivity index (χ0n) is 20.3. The van der Waals surface area contributed by atoms with E-state index in [0.717, 1.165) is 19.3 Å². The number of nitrogens with zero attached hydrogens (tertiary/aromatic N) is 3. The van der Waals surface area contributed by atoms with Crippen LogP contribution in [-0.4, -0.2) is 52.4 Å². The largest absolute Gasteiger partial charge is 0.469 e. The molecule has 2 atom stereocenters. The van der Waals surface area contributed by atoms with Crippen LogP contribution in [0.3, 0.4) is 0 Å². The number of aromatic nitrogens is 2. The van der Waals surface area contributed by atoms with Gasteiger partial charge in [0.1, 0.15) is 5.60 Å². The highest BCUT2D eigenvalue weighted by Crippen LogP contribution is 2.52. The molecule has 1 aromatic heterocycles. The van der Waals surface area contributed by atoms with Gasteiger partial charge in [0.05, 0.1) is 18.4 Å². The highest BCUT2D eigenvalue weighted by molar-refractivity contribution is 5.73. The lowest BCUT2D eigenvalue weighted by Crippen LogP contribution is -2.43. The van der Waals surface area contributed by atoms with E-state index in [0.29, 0.717) is 37.0 Å². The second kappa shape index (κ2) is 8.40. The Hall–Kier alpha value is -2.90. The van der Waals surface area contributed by atoms with Gasteiger partial charge in [-0.15, -0.1) is 0 Å². The quantitative estimate of drug-likeness (QED) is 0.551. The van der Waals surface area contributed by atoms with Crippen molar-refractivity contribution >= 4 is 12.1 Å². The predicted octanol–water partition coefficient (Wildman–Crippen LogP) is 4.56. The molecular formula is C26H33N3O5. The van der Waals surface area contributed by atoms with Crippen LogP contribution < -0.4 is 0 Å². The van der Waals surface area contributed by atoms with Crippen molar-refractivity contribution in [2.45, 2.75) is 81.8 Å². The lowest BCUT2D eigenvalue weighted by atomic mass is 9.75. The van der Waals surface area contributed by atoms with Crippen LogP contribution in [0.15, 0.2) is 34.9 Å². The normalized spacial score (nSPS) is 26.8. The first-order chi connectivity index (χ1) is 16.2. The van der Waals surface area contributed by atoms with Crippen LogP contribution in [0.5, 0.6) is 0 Å². The van der Waals surface area contributed by atoms with Gasteiger partial charge in [-0.2, -0.15) is 4.98 Å². The second-order valence-electron chi connectivity index (χ2n) is 11.1. The van der Waals surface area contributed by atoms with Crippen molar-refractivity contribution in [1.29, 1.82) is 0 Å². The Labute approximate surface area is 200 Å². The maximum Gasteiger partial charge on any atom is 0.410 e. The summed E-state index contributed by atoms with van der Waals surface area (Å²) in [5.74, 6) is 1.38.